The van der Waals surface area contributed by atoms with Gasteiger partial charge in [0, 0.05) is 27.3 Å². The molecule has 0 fully saturated rings. The van der Waals surface area contributed by atoms with Crippen molar-refractivity contribution in [1.82, 2.24) is 9.97 Å². The highest BCUT2D eigenvalue weighted by molar-refractivity contribution is 6.06. The van der Waals surface area contributed by atoms with Gasteiger partial charge in [-0.15, -0.1) is 0 Å². The number of nitrogens with zero attached hydrogens (tertiary/aromatic N) is 2. The van der Waals surface area contributed by atoms with Crippen molar-refractivity contribution in [3.8, 4) is 33.8 Å². The molecule has 0 N–H and O–H groups in total. The maximum Gasteiger partial charge on any atom is 0.160 e. The van der Waals surface area contributed by atoms with E-state index in [1.807, 2.05) is 54.6 Å². The summed E-state index contributed by atoms with van der Waals surface area (Å²) in [7, 11) is 0. The minimum absolute atomic E-state index is 0.724. The number of rotatable bonds is 3. The van der Waals surface area contributed by atoms with Crippen LogP contribution in [0.2, 0.25) is 0 Å². The van der Waals surface area contributed by atoms with Crippen molar-refractivity contribution in [2.45, 2.75) is 0 Å². The lowest BCUT2D eigenvalue weighted by molar-refractivity contribution is 0.669. The fourth-order valence-electron chi connectivity index (χ4n) is 4.75. The van der Waals surface area contributed by atoms with Gasteiger partial charge in [0.2, 0.25) is 0 Å². The summed E-state index contributed by atoms with van der Waals surface area (Å²) in [4.78, 5) is 9.96. The molecule has 0 radical (unpaired) electrons. The second-order valence-corrected chi connectivity index (χ2v) is 8.67. The first-order valence-electron chi connectivity index (χ1n) is 11.7. The molecule has 0 unspecified atom stereocenters. The van der Waals surface area contributed by atoms with Crippen molar-refractivity contribution < 1.29 is 4.42 Å². The molecule has 3 heteroatoms. The third-order valence-corrected chi connectivity index (χ3v) is 6.49. The van der Waals surface area contributed by atoms with E-state index in [0.29, 0.717) is 0 Å². The smallest absolute Gasteiger partial charge is 0.160 e. The first kappa shape index (κ1) is 19.7. The number of benzene rings is 5. The highest BCUT2D eigenvalue weighted by Gasteiger charge is 2.13. The van der Waals surface area contributed by atoms with Crippen molar-refractivity contribution in [2.75, 3.05) is 0 Å². The van der Waals surface area contributed by atoms with Crippen LogP contribution in [0.4, 0.5) is 0 Å². The van der Waals surface area contributed by atoms with Crippen LogP contribution in [-0.2, 0) is 0 Å². The normalized spacial score (nSPS) is 11.4. The van der Waals surface area contributed by atoms with Crippen molar-refractivity contribution in [3.63, 3.8) is 0 Å². The zero-order valence-corrected chi connectivity index (χ0v) is 18.8. The quantitative estimate of drug-likeness (QED) is 0.272. The fourth-order valence-corrected chi connectivity index (χ4v) is 4.75. The van der Waals surface area contributed by atoms with Crippen molar-refractivity contribution in [1.29, 1.82) is 0 Å². The van der Waals surface area contributed by atoms with Gasteiger partial charge in [-0.3, -0.25) is 0 Å². The average molecular weight is 449 g/mol. The van der Waals surface area contributed by atoms with Crippen LogP contribution in [0.3, 0.4) is 0 Å². The van der Waals surface area contributed by atoms with Crippen LogP contribution in [0, 0.1) is 0 Å². The molecule has 7 aromatic rings. The van der Waals surface area contributed by atoms with Gasteiger partial charge in [-0.2, -0.15) is 0 Å². The molecule has 2 heterocycles. The predicted molar refractivity (Wildman–Crippen MR) is 143 cm³/mol. The third-order valence-electron chi connectivity index (χ3n) is 6.49. The van der Waals surface area contributed by atoms with Gasteiger partial charge in [0.1, 0.15) is 11.2 Å². The summed E-state index contributed by atoms with van der Waals surface area (Å²) in [6.45, 7) is 0. The Kier molecular flexibility index (Phi) is 4.46. The molecule has 0 bridgehead atoms. The Morgan fingerprint density at radius 3 is 1.86 bits per heavy atom. The second kappa shape index (κ2) is 7.93. The zero-order chi connectivity index (χ0) is 23.2. The summed E-state index contributed by atoms with van der Waals surface area (Å²) in [6, 6.07) is 41.5. The number of hydrogen-bond donors (Lipinski definition) is 0. The first-order chi connectivity index (χ1) is 17.3. The molecule has 0 saturated carbocycles. The van der Waals surface area contributed by atoms with Crippen LogP contribution in [0.25, 0.3) is 66.6 Å². The van der Waals surface area contributed by atoms with Gasteiger partial charge in [-0.1, -0.05) is 91.0 Å². The van der Waals surface area contributed by atoms with Gasteiger partial charge in [0.25, 0.3) is 0 Å². The first-order valence-corrected chi connectivity index (χ1v) is 11.7. The van der Waals surface area contributed by atoms with E-state index in [1.165, 1.54) is 0 Å². The van der Waals surface area contributed by atoms with E-state index in [4.69, 9.17) is 14.4 Å². The van der Waals surface area contributed by atoms with E-state index in [2.05, 4.69) is 66.7 Å². The summed E-state index contributed by atoms with van der Waals surface area (Å²) in [5.41, 5.74) is 7.92. The summed E-state index contributed by atoms with van der Waals surface area (Å²) < 4.78 is 6.13. The van der Waals surface area contributed by atoms with E-state index in [0.717, 1.165) is 66.6 Å². The van der Waals surface area contributed by atoms with Crippen molar-refractivity contribution in [2.24, 2.45) is 0 Å². The molecule has 164 valence electrons. The number of para-hydroxylation sites is 1. The van der Waals surface area contributed by atoms with Gasteiger partial charge in [0.05, 0.1) is 11.2 Å². The SMILES string of the molecule is c1ccc(-c2nc(-c3ccccc3)c3ccc(-c4ccc5c(c4)oc4ccccc45)cc3n2)cc1. The standard InChI is InChI=1S/C32H20N2O/c1-3-9-21(10-4-1)31-27-18-16-23(19-28(27)33-32(34-31)22-11-5-2-6-12-22)24-15-17-26-25-13-7-8-14-29(25)35-30(26)20-24/h1-20H. The molecule has 2 aromatic heterocycles. The molecule has 7 rings (SSSR count). The lowest BCUT2D eigenvalue weighted by Gasteiger charge is -2.11. The molecule has 0 spiro atoms. The Balaban J connectivity index is 1.43. The molecule has 0 aliphatic rings. The molecule has 0 saturated heterocycles. The van der Waals surface area contributed by atoms with Gasteiger partial charge in [0.15, 0.2) is 5.82 Å². The van der Waals surface area contributed by atoms with E-state index in [-0.39, 0.29) is 0 Å². The Morgan fingerprint density at radius 2 is 1.06 bits per heavy atom. The van der Waals surface area contributed by atoms with Crippen molar-refractivity contribution >= 4 is 32.8 Å². The molecular formula is C32H20N2O. The Labute approximate surface area is 202 Å². The third kappa shape index (κ3) is 3.37. The molecule has 5 aromatic carbocycles. The number of hydrogen-bond acceptors (Lipinski definition) is 3. The topological polar surface area (TPSA) is 38.9 Å². The molecule has 3 nitrogen and oxygen atoms in total. The van der Waals surface area contributed by atoms with Crippen LogP contribution in [0.15, 0.2) is 126 Å². The van der Waals surface area contributed by atoms with Crippen LogP contribution in [-0.4, -0.2) is 9.97 Å². The molecule has 0 atom stereocenters. The fraction of sp³-hybridized carbons (Fsp3) is 0. The van der Waals surface area contributed by atoms with E-state index >= 15 is 0 Å². The minimum atomic E-state index is 0.724. The Hall–Kier alpha value is -4.76. The number of furan rings is 1. The van der Waals surface area contributed by atoms with Gasteiger partial charge in [-0.25, -0.2) is 9.97 Å². The lowest BCUT2D eigenvalue weighted by Crippen LogP contribution is -1.95. The second-order valence-electron chi connectivity index (χ2n) is 8.67. The van der Waals surface area contributed by atoms with Crippen molar-refractivity contribution in [3.05, 3.63) is 121 Å². The van der Waals surface area contributed by atoms with E-state index in [9.17, 15) is 0 Å². The summed E-state index contributed by atoms with van der Waals surface area (Å²) in [6.07, 6.45) is 0. The van der Waals surface area contributed by atoms with E-state index in [1.54, 1.807) is 0 Å². The predicted octanol–water partition coefficient (Wildman–Crippen LogP) is 8.53. The van der Waals surface area contributed by atoms with Crippen LogP contribution in [0.1, 0.15) is 0 Å². The molecular weight excluding hydrogens is 428 g/mol. The maximum absolute atomic E-state index is 6.13. The van der Waals surface area contributed by atoms with Crippen LogP contribution in [0.5, 0.6) is 0 Å². The highest BCUT2D eigenvalue weighted by atomic mass is 16.3. The van der Waals surface area contributed by atoms with Gasteiger partial charge < -0.3 is 4.42 Å². The number of fused-ring (bicyclic) bond motifs is 4. The van der Waals surface area contributed by atoms with Crippen LogP contribution < -0.4 is 0 Å². The monoisotopic (exact) mass is 448 g/mol. The molecule has 35 heavy (non-hydrogen) atoms. The average Bonchev–Trinajstić information content (AvgIpc) is 3.31. The minimum Gasteiger partial charge on any atom is -0.456 e. The maximum atomic E-state index is 6.13. The zero-order valence-electron chi connectivity index (χ0n) is 18.8. The lowest BCUT2D eigenvalue weighted by atomic mass is 9.99. The highest BCUT2D eigenvalue weighted by Crippen LogP contribution is 2.35. The molecule has 0 aliphatic carbocycles. The van der Waals surface area contributed by atoms with E-state index < -0.39 is 0 Å². The summed E-state index contributed by atoms with van der Waals surface area (Å²) >= 11 is 0. The van der Waals surface area contributed by atoms with Gasteiger partial charge >= 0.3 is 0 Å². The number of aromatic nitrogens is 2. The Bertz CT molecular complexity index is 1840. The summed E-state index contributed by atoms with van der Waals surface area (Å²) in [5, 5.41) is 3.30. The molecule has 0 amide bonds. The summed E-state index contributed by atoms with van der Waals surface area (Å²) in [5.74, 6) is 0.724. The largest absolute Gasteiger partial charge is 0.456 e. The molecule has 0 aliphatic heterocycles. The van der Waals surface area contributed by atoms with Gasteiger partial charge in [-0.05, 0) is 41.5 Å². The van der Waals surface area contributed by atoms with Crippen LogP contribution >= 0.6 is 0 Å². The Morgan fingerprint density at radius 1 is 0.429 bits per heavy atom.